The van der Waals surface area contributed by atoms with Gasteiger partial charge in [0.2, 0.25) is 0 Å². The fourth-order valence-corrected chi connectivity index (χ4v) is 3.50. The lowest BCUT2D eigenvalue weighted by atomic mass is 10.1. The first-order valence-corrected chi connectivity index (χ1v) is 9.51. The van der Waals surface area contributed by atoms with Crippen molar-refractivity contribution in [2.45, 2.75) is 18.1 Å². The minimum absolute atomic E-state index is 0.000565. The second-order valence-electron chi connectivity index (χ2n) is 6.00. The molecule has 0 aliphatic carbocycles. The largest absolute Gasteiger partial charge is 0.411 e. The Kier molecular flexibility index (Phi) is 5.02. The maximum Gasteiger partial charge on any atom is 0.276 e. The number of carbonyl (C=O) groups is 1. The molecule has 0 atom stereocenters. The lowest BCUT2D eigenvalue weighted by Crippen LogP contribution is -1.99. The summed E-state index contributed by atoms with van der Waals surface area (Å²) in [6.45, 7) is 0. The Morgan fingerprint density at radius 3 is 2.78 bits per heavy atom. The molecule has 136 valence electrons. The molecule has 0 radical (unpaired) electrons. The van der Waals surface area contributed by atoms with Gasteiger partial charge in [0, 0.05) is 34.8 Å². The Bertz CT molecular complexity index is 1070. The number of ketones is 1. The van der Waals surface area contributed by atoms with E-state index in [-0.39, 0.29) is 11.6 Å². The van der Waals surface area contributed by atoms with Crippen molar-refractivity contribution < 1.29 is 13.6 Å². The highest BCUT2D eigenvalue weighted by molar-refractivity contribution is 7.99. The second kappa shape index (κ2) is 7.75. The number of aromatic amines is 1. The highest BCUT2D eigenvalue weighted by Crippen LogP contribution is 2.29. The summed E-state index contributed by atoms with van der Waals surface area (Å²) in [5.41, 5.74) is 2.41. The Labute approximate surface area is 159 Å². The Morgan fingerprint density at radius 2 is 1.93 bits per heavy atom. The third-order valence-corrected chi connectivity index (χ3v) is 5.07. The van der Waals surface area contributed by atoms with Crippen LogP contribution in [-0.2, 0) is 0 Å². The quantitative estimate of drug-likeness (QED) is 0.273. The molecule has 2 aromatic carbocycles. The van der Waals surface area contributed by atoms with Crippen LogP contribution in [0.25, 0.3) is 22.4 Å². The highest BCUT2D eigenvalue weighted by Gasteiger charge is 2.13. The van der Waals surface area contributed by atoms with Gasteiger partial charge in [-0.2, -0.15) is 0 Å². The van der Waals surface area contributed by atoms with Crippen LogP contribution in [0.15, 0.2) is 64.4 Å². The fraction of sp³-hybridized carbons (Fsp3) is 0.150. The van der Waals surface area contributed by atoms with E-state index in [9.17, 15) is 9.18 Å². The van der Waals surface area contributed by atoms with Crippen LogP contribution in [0.1, 0.15) is 23.2 Å². The lowest BCUT2D eigenvalue weighted by Gasteiger charge is -2.00. The van der Waals surface area contributed by atoms with Crippen LogP contribution < -0.4 is 0 Å². The summed E-state index contributed by atoms with van der Waals surface area (Å²) in [7, 11) is 0. The van der Waals surface area contributed by atoms with Crippen molar-refractivity contribution in [3.8, 4) is 11.5 Å². The minimum Gasteiger partial charge on any atom is -0.411 e. The number of hydrogen-bond acceptors (Lipinski definition) is 5. The number of fused-ring (bicyclic) bond motifs is 1. The van der Waals surface area contributed by atoms with Crippen LogP contribution in [0.4, 0.5) is 4.39 Å². The molecule has 0 unspecified atom stereocenters. The van der Waals surface area contributed by atoms with Crippen molar-refractivity contribution in [1.29, 1.82) is 0 Å². The first-order valence-electron chi connectivity index (χ1n) is 8.52. The van der Waals surface area contributed by atoms with Gasteiger partial charge in [-0.1, -0.05) is 30.0 Å². The van der Waals surface area contributed by atoms with Crippen molar-refractivity contribution in [2.75, 3.05) is 5.75 Å². The number of para-hydroxylation sites is 1. The number of halogens is 1. The van der Waals surface area contributed by atoms with Gasteiger partial charge < -0.3 is 9.40 Å². The molecule has 2 heterocycles. The predicted octanol–water partition coefficient (Wildman–Crippen LogP) is 5.11. The summed E-state index contributed by atoms with van der Waals surface area (Å²) >= 11 is 1.42. The monoisotopic (exact) mass is 381 g/mol. The molecule has 0 aliphatic rings. The number of aromatic nitrogens is 3. The SMILES string of the molecule is O=C(CCCSc1nnc(-c2c[nH]c3ccccc23)o1)c1ccc(F)cc1. The fourth-order valence-electron chi connectivity index (χ4n) is 2.80. The molecule has 0 spiro atoms. The van der Waals surface area contributed by atoms with Crippen molar-refractivity contribution >= 4 is 28.4 Å². The standard InChI is InChI=1S/C20H16FN3O2S/c21-14-9-7-13(8-10-14)18(25)6-3-11-27-20-24-23-19(26-20)16-12-22-17-5-2-1-4-15(16)17/h1-2,4-5,7-10,12,22H,3,6,11H2. The average molecular weight is 381 g/mol. The molecule has 27 heavy (non-hydrogen) atoms. The number of nitrogens with zero attached hydrogens (tertiary/aromatic N) is 2. The molecule has 7 heteroatoms. The van der Waals surface area contributed by atoms with Crippen molar-refractivity contribution in [3.05, 3.63) is 66.1 Å². The van der Waals surface area contributed by atoms with Crippen LogP contribution in [-0.4, -0.2) is 26.7 Å². The van der Waals surface area contributed by atoms with E-state index in [0.717, 1.165) is 16.5 Å². The summed E-state index contributed by atoms with van der Waals surface area (Å²) in [4.78, 5) is 15.2. The Morgan fingerprint density at radius 1 is 1.11 bits per heavy atom. The number of thioether (sulfide) groups is 1. The number of hydrogen-bond donors (Lipinski definition) is 1. The number of benzene rings is 2. The van der Waals surface area contributed by atoms with Gasteiger partial charge in [-0.3, -0.25) is 4.79 Å². The van der Waals surface area contributed by atoms with Gasteiger partial charge in [0.15, 0.2) is 5.78 Å². The van der Waals surface area contributed by atoms with Crippen LogP contribution >= 0.6 is 11.8 Å². The van der Waals surface area contributed by atoms with Gasteiger partial charge in [0.25, 0.3) is 11.1 Å². The van der Waals surface area contributed by atoms with Gasteiger partial charge in [-0.25, -0.2) is 4.39 Å². The number of nitrogens with one attached hydrogen (secondary N) is 1. The van der Waals surface area contributed by atoms with Crippen molar-refractivity contribution in [1.82, 2.24) is 15.2 Å². The normalized spacial score (nSPS) is 11.1. The Hall–Kier alpha value is -2.93. The minimum atomic E-state index is -0.343. The molecule has 2 aromatic heterocycles. The Balaban J connectivity index is 1.32. The van der Waals surface area contributed by atoms with E-state index in [4.69, 9.17) is 4.42 Å². The van der Waals surface area contributed by atoms with E-state index in [1.807, 2.05) is 30.5 Å². The summed E-state index contributed by atoms with van der Waals surface area (Å²) in [5.74, 6) is 0.810. The van der Waals surface area contributed by atoms with E-state index < -0.39 is 0 Å². The van der Waals surface area contributed by atoms with Gasteiger partial charge in [0.1, 0.15) is 5.82 Å². The molecule has 0 saturated carbocycles. The molecule has 4 aromatic rings. The van der Waals surface area contributed by atoms with E-state index in [0.29, 0.717) is 35.3 Å². The zero-order chi connectivity index (χ0) is 18.6. The molecule has 1 N–H and O–H groups in total. The van der Waals surface area contributed by atoms with Gasteiger partial charge in [-0.05, 0) is 36.8 Å². The summed E-state index contributed by atoms with van der Waals surface area (Å²) in [5, 5.41) is 9.69. The highest BCUT2D eigenvalue weighted by atomic mass is 32.2. The number of Topliss-reactive ketones (excluding diaryl/α,β-unsaturated/α-hetero) is 1. The van der Waals surface area contributed by atoms with Crippen molar-refractivity contribution in [3.63, 3.8) is 0 Å². The van der Waals surface area contributed by atoms with E-state index in [1.165, 1.54) is 36.0 Å². The van der Waals surface area contributed by atoms with E-state index >= 15 is 0 Å². The molecule has 4 rings (SSSR count). The summed E-state index contributed by atoms with van der Waals surface area (Å²) < 4.78 is 18.6. The van der Waals surface area contributed by atoms with Crippen LogP contribution in [0, 0.1) is 5.82 Å². The van der Waals surface area contributed by atoms with E-state index in [1.54, 1.807) is 0 Å². The molecule has 0 aliphatic heterocycles. The molecule has 0 amide bonds. The zero-order valence-corrected chi connectivity index (χ0v) is 15.1. The molecule has 5 nitrogen and oxygen atoms in total. The average Bonchev–Trinajstić information content (AvgIpc) is 3.32. The molecular formula is C20H16FN3O2S. The van der Waals surface area contributed by atoms with Gasteiger partial charge >= 0.3 is 0 Å². The molecular weight excluding hydrogens is 365 g/mol. The molecule has 0 fully saturated rings. The van der Waals surface area contributed by atoms with E-state index in [2.05, 4.69) is 15.2 Å². The van der Waals surface area contributed by atoms with Gasteiger partial charge in [0.05, 0.1) is 5.56 Å². The maximum atomic E-state index is 12.9. The third kappa shape index (κ3) is 3.93. The van der Waals surface area contributed by atoms with Crippen LogP contribution in [0.2, 0.25) is 0 Å². The zero-order valence-electron chi connectivity index (χ0n) is 14.3. The maximum absolute atomic E-state index is 12.9. The van der Waals surface area contributed by atoms with Crippen LogP contribution in [0.5, 0.6) is 0 Å². The number of carbonyl (C=O) groups excluding carboxylic acids is 1. The molecule has 0 bridgehead atoms. The first kappa shape index (κ1) is 17.5. The number of rotatable bonds is 7. The number of H-pyrrole nitrogens is 1. The smallest absolute Gasteiger partial charge is 0.276 e. The third-order valence-electron chi connectivity index (χ3n) is 4.17. The summed E-state index contributed by atoms with van der Waals surface area (Å²) in [6.07, 6.45) is 2.92. The topological polar surface area (TPSA) is 71.8 Å². The second-order valence-corrected chi connectivity index (χ2v) is 7.05. The van der Waals surface area contributed by atoms with Crippen molar-refractivity contribution in [2.24, 2.45) is 0 Å². The predicted molar refractivity (Wildman–Crippen MR) is 102 cm³/mol. The first-order chi connectivity index (χ1) is 13.2. The summed E-state index contributed by atoms with van der Waals surface area (Å²) in [6, 6.07) is 13.5. The van der Waals surface area contributed by atoms with Gasteiger partial charge in [-0.15, -0.1) is 10.2 Å². The lowest BCUT2D eigenvalue weighted by molar-refractivity contribution is 0.0982. The van der Waals surface area contributed by atoms with Crippen LogP contribution in [0.3, 0.4) is 0 Å². The molecule has 0 saturated heterocycles.